The maximum absolute atomic E-state index is 12.6. The van der Waals surface area contributed by atoms with E-state index in [0.29, 0.717) is 6.61 Å². The summed E-state index contributed by atoms with van der Waals surface area (Å²) in [5.41, 5.74) is 0.948. The third-order valence-electron chi connectivity index (χ3n) is 3.92. The smallest absolute Gasteiger partial charge is 0.163 e. The number of hydrogen-bond acceptors (Lipinski definition) is 5. The van der Waals surface area contributed by atoms with Crippen molar-refractivity contribution in [1.82, 2.24) is 9.71 Å². The average Bonchev–Trinajstić information content (AvgIpc) is 2.83. The van der Waals surface area contributed by atoms with Crippen LogP contribution in [0.4, 0.5) is 0 Å². The van der Waals surface area contributed by atoms with Crippen molar-refractivity contribution in [3.05, 3.63) is 30.1 Å². The summed E-state index contributed by atoms with van der Waals surface area (Å²) < 4.78 is 27.2. The molecule has 1 saturated heterocycles. The zero-order valence-corrected chi connectivity index (χ0v) is 15.6. The first-order chi connectivity index (χ1) is 10.6. The first kappa shape index (κ1) is 18.7. The molecule has 130 valence electrons. The van der Waals surface area contributed by atoms with Crippen LogP contribution in [0.2, 0.25) is 0 Å². The van der Waals surface area contributed by atoms with Gasteiger partial charge >= 0.3 is 0 Å². The highest BCUT2D eigenvalue weighted by Crippen LogP contribution is 2.31. The van der Waals surface area contributed by atoms with E-state index in [9.17, 15) is 4.55 Å². The Hall–Kier alpha value is -0.660. The Kier molecular flexibility index (Phi) is 5.74. The van der Waals surface area contributed by atoms with E-state index in [0.717, 1.165) is 5.69 Å². The second-order valence-electron chi connectivity index (χ2n) is 7.44. The zero-order chi connectivity index (χ0) is 17.3. The van der Waals surface area contributed by atoms with E-state index in [1.807, 2.05) is 52.8 Å². The largest absolute Gasteiger partial charge is 0.598 e. The summed E-state index contributed by atoms with van der Waals surface area (Å²) in [5, 5.41) is 0. The molecule has 1 aromatic rings. The van der Waals surface area contributed by atoms with Crippen LogP contribution in [-0.4, -0.2) is 38.8 Å². The molecular formula is C17H28N2O3S. The van der Waals surface area contributed by atoms with Crippen molar-refractivity contribution >= 4 is 11.4 Å². The summed E-state index contributed by atoms with van der Waals surface area (Å²) in [6.45, 7) is 12.2. The number of hydrogen-bond donors (Lipinski definition) is 1. The van der Waals surface area contributed by atoms with Gasteiger partial charge in [0.15, 0.2) is 5.79 Å². The van der Waals surface area contributed by atoms with Crippen molar-refractivity contribution in [2.24, 2.45) is 0 Å². The van der Waals surface area contributed by atoms with Crippen LogP contribution in [-0.2, 0) is 20.8 Å². The topological polar surface area (TPSA) is 66.4 Å². The summed E-state index contributed by atoms with van der Waals surface area (Å²) >= 11 is -1.20. The summed E-state index contributed by atoms with van der Waals surface area (Å²) in [5.74, 6) is -0.567. The highest BCUT2D eigenvalue weighted by atomic mass is 32.2. The molecule has 6 heteroatoms. The van der Waals surface area contributed by atoms with Crippen LogP contribution in [0.1, 0.15) is 53.2 Å². The van der Waals surface area contributed by atoms with Crippen LogP contribution in [0.15, 0.2) is 24.4 Å². The van der Waals surface area contributed by atoms with Crippen LogP contribution >= 0.6 is 0 Å². The molecule has 4 atom stereocenters. The van der Waals surface area contributed by atoms with Gasteiger partial charge in [-0.2, -0.15) is 0 Å². The molecular weight excluding hydrogens is 312 g/mol. The fraction of sp³-hybridized carbons (Fsp3) is 0.706. The van der Waals surface area contributed by atoms with Crippen molar-refractivity contribution in [3.8, 4) is 0 Å². The molecule has 0 aromatic carbocycles. The van der Waals surface area contributed by atoms with Gasteiger partial charge < -0.3 is 14.0 Å². The molecule has 23 heavy (non-hydrogen) atoms. The minimum Gasteiger partial charge on any atom is -0.598 e. The first-order valence-electron chi connectivity index (χ1n) is 8.01. The minimum atomic E-state index is -1.20. The molecule has 1 aliphatic rings. The van der Waals surface area contributed by atoms with Crippen molar-refractivity contribution in [1.29, 1.82) is 0 Å². The fourth-order valence-electron chi connectivity index (χ4n) is 2.52. The second kappa shape index (κ2) is 7.07. The first-order valence-corrected chi connectivity index (χ1v) is 9.16. The SMILES string of the molecule is C[C@@H](c1ccccn1)[C@@H](N[S@+]([O-])C(C)(C)C)[C@H]1COC(C)(C)O1. The van der Waals surface area contributed by atoms with E-state index in [1.165, 1.54) is 0 Å². The number of nitrogens with one attached hydrogen (secondary N) is 1. The van der Waals surface area contributed by atoms with Gasteiger partial charge in [-0.1, -0.05) is 13.0 Å². The quantitative estimate of drug-likeness (QED) is 0.835. The maximum Gasteiger partial charge on any atom is 0.163 e. The Bertz CT molecular complexity index is 504. The maximum atomic E-state index is 12.6. The molecule has 0 saturated carbocycles. The normalized spacial score (nSPS) is 25.1. The van der Waals surface area contributed by atoms with Crippen LogP contribution in [0, 0.1) is 0 Å². The number of aromatic nitrogens is 1. The van der Waals surface area contributed by atoms with E-state index in [-0.39, 0.29) is 22.8 Å². The molecule has 1 aliphatic heterocycles. The third-order valence-corrected chi connectivity index (χ3v) is 5.52. The Morgan fingerprint density at radius 1 is 1.39 bits per heavy atom. The van der Waals surface area contributed by atoms with Gasteiger partial charge in [0.05, 0.1) is 12.6 Å². The van der Waals surface area contributed by atoms with E-state index < -0.39 is 17.1 Å². The predicted molar refractivity (Wildman–Crippen MR) is 92.4 cm³/mol. The lowest BCUT2D eigenvalue weighted by Gasteiger charge is -2.33. The lowest BCUT2D eigenvalue weighted by molar-refractivity contribution is -0.141. The lowest BCUT2D eigenvalue weighted by atomic mass is 9.94. The predicted octanol–water partition coefficient (Wildman–Crippen LogP) is 2.76. The van der Waals surface area contributed by atoms with Crippen LogP contribution < -0.4 is 4.72 Å². The van der Waals surface area contributed by atoms with Gasteiger partial charge in [0.1, 0.15) is 10.9 Å². The second-order valence-corrected chi connectivity index (χ2v) is 9.43. The van der Waals surface area contributed by atoms with Crippen molar-refractivity contribution in [3.63, 3.8) is 0 Å². The summed E-state index contributed by atoms with van der Waals surface area (Å²) in [6, 6.07) is 5.70. The van der Waals surface area contributed by atoms with E-state index >= 15 is 0 Å². The Labute approximate surface area is 142 Å². The molecule has 2 rings (SSSR count). The standard InChI is InChI=1S/C17H28N2O3S/c1-12(13-9-7-8-10-18-13)15(19-23(20)16(2,3)4)14-11-21-17(5,6)22-14/h7-10,12,14-15,19H,11H2,1-6H3/t12-,14+,15+,23+/m0/s1. The van der Waals surface area contributed by atoms with Gasteiger partial charge in [-0.05, 0) is 46.8 Å². The van der Waals surface area contributed by atoms with E-state index in [2.05, 4.69) is 16.6 Å². The van der Waals surface area contributed by atoms with Gasteiger partial charge in [0, 0.05) is 29.2 Å². The lowest BCUT2D eigenvalue weighted by Crippen LogP contribution is -2.52. The van der Waals surface area contributed by atoms with E-state index in [4.69, 9.17) is 9.47 Å². The molecule has 5 nitrogen and oxygen atoms in total. The zero-order valence-electron chi connectivity index (χ0n) is 14.8. The van der Waals surface area contributed by atoms with Crippen molar-refractivity contribution < 1.29 is 14.0 Å². The van der Waals surface area contributed by atoms with Crippen LogP contribution in [0.25, 0.3) is 0 Å². The monoisotopic (exact) mass is 340 g/mol. The Morgan fingerprint density at radius 3 is 2.57 bits per heavy atom. The molecule has 0 radical (unpaired) electrons. The highest BCUT2D eigenvalue weighted by molar-refractivity contribution is 7.90. The molecule has 1 aromatic heterocycles. The van der Waals surface area contributed by atoms with Gasteiger partial charge in [-0.15, -0.1) is 4.72 Å². The number of nitrogens with zero attached hydrogens (tertiary/aromatic N) is 1. The van der Waals surface area contributed by atoms with Gasteiger partial charge in [0.2, 0.25) is 0 Å². The number of rotatable bonds is 5. The summed E-state index contributed by atoms with van der Waals surface area (Å²) in [7, 11) is 0. The molecule has 1 N–H and O–H groups in total. The molecule has 0 amide bonds. The highest BCUT2D eigenvalue weighted by Gasteiger charge is 2.43. The summed E-state index contributed by atoms with van der Waals surface area (Å²) in [4.78, 5) is 4.44. The third kappa shape index (κ3) is 4.90. The molecule has 0 bridgehead atoms. The Balaban J connectivity index is 2.21. The van der Waals surface area contributed by atoms with Crippen molar-refractivity contribution in [2.45, 2.75) is 70.1 Å². The molecule has 2 heterocycles. The van der Waals surface area contributed by atoms with Crippen molar-refractivity contribution in [2.75, 3.05) is 6.61 Å². The van der Waals surface area contributed by atoms with Gasteiger partial charge in [0.25, 0.3) is 0 Å². The summed E-state index contributed by atoms with van der Waals surface area (Å²) in [6.07, 6.45) is 1.60. The molecule has 0 spiro atoms. The molecule has 1 fully saturated rings. The molecule has 0 unspecified atom stereocenters. The van der Waals surface area contributed by atoms with E-state index in [1.54, 1.807) is 6.20 Å². The van der Waals surface area contributed by atoms with Crippen LogP contribution in [0.3, 0.4) is 0 Å². The van der Waals surface area contributed by atoms with Gasteiger partial charge in [-0.25, -0.2) is 0 Å². The molecule has 0 aliphatic carbocycles. The minimum absolute atomic E-state index is 0.0463. The number of pyridine rings is 1. The van der Waals surface area contributed by atoms with Gasteiger partial charge in [-0.3, -0.25) is 4.98 Å². The average molecular weight is 340 g/mol. The fourth-order valence-corrected chi connectivity index (χ4v) is 3.48. The number of ether oxygens (including phenoxy) is 2. The van der Waals surface area contributed by atoms with Crippen LogP contribution in [0.5, 0.6) is 0 Å². The Morgan fingerprint density at radius 2 is 2.09 bits per heavy atom.